The maximum absolute atomic E-state index is 4.36. The van der Waals surface area contributed by atoms with Crippen LogP contribution in [0.3, 0.4) is 0 Å². The Balaban J connectivity index is 2.20. The molecule has 19 heavy (non-hydrogen) atoms. The summed E-state index contributed by atoms with van der Waals surface area (Å²) in [7, 11) is 0. The first-order valence-corrected chi connectivity index (χ1v) is 7.87. The van der Waals surface area contributed by atoms with Crippen LogP contribution in [0, 0.1) is 0 Å². The Hall–Kier alpha value is -0.960. The molecule has 0 radical (unpaired) electrons. The lowest BCUT2D eigenvalue weighted by Crippen LogP contribution is -2.21. The molecule has 3 nitrogen and oxygen atoms in total. The Morgan fingerprint density at radius 2 is 1.79 bits per heavy atom. The van der Waals surface area contributed by atoms with Crippen LogP contribution in [0.5, 0.6) is 0 Å². The summed E-state index contributed by atoms with van der Waals surface area (Å²) in [5.74, 6) is 0. The fourth-order valence-electron chi connectivity index (χ4n) is 2.41. The molecule has 1 unspecified atom stereocenters. The van der Waals surface area contributed by atoms with Gasteiger partial charge in [0.15, 0.2) is 0 Å². The Kier molecular flexibility index (Phi) is 9.25. The molecule has 0 aliphatic carbocycles. The molecule has 1 N–H and O–H groups in total. The third kappa shape index (κ3) is 7.26. The zero-order valence-electron chi connectivity index (χ0n) is 12.6. The standard InChI is InChI=1S/C16H29N3/c1-3-5-6-7-8-9-10-11-15(18-4-2)16-12-13-17-14-19-16/h12-15,18H,3-11H2,1-2H3. The molecule has 1 atom stereocenters. The third-order valence-corrected chi connectivity index (χ3v) is 3.51. The number of hydrogen-bond donors (Lipinski definition) is 1. The number of unbranched alkanes of at least 4 members (excludes halogenated alkanes) is 6. The van der Waals surface area contributed by atoms with Crippen molar-refractivity contribution >= 4 is 0 Å². The molecule has 0 aliphatic rings. The Labute approximate surface area is 118 Å². The minimum absolute atomic E-state index is 0.392. The molecule has 1 aromatic rings. The fraction of sp³-hybridized carbons (Fsp3) is 0.750. The molecule has 0 bridgehead atoms. The van der Waals surface area contributed by atoms with E-state index >= 15 is 0 Å². The van der Waals surface area contributed by atoms with E-state index in [1.54, 1.807) is 6.33 Å². The maximum atomic E-state index is 4.36. The molecule has 1 aromatic heterocycles. The summed E-state index contributed by atoms with van der Waals surface area (Å²) >= 11 is 0. The summed E-state index contributed by atoms with van der Waals surface area (Å²) in [6.45, 7) is 5.41. The van der Waals surface area contributed by atoms with E-state index in [1.807, 2.05) is 12.3 Å². The van der Waals surface area contributed by atoms with Crippen molar-refractivity contribution in [1.82, 2.24) is 15.3 Å². The first kappa shape index (κ1) is 16.1. The molecule has 0 saturated heterocycles. The van der Waals surface area contributed by atoms with E-state index in [0.29, 0.717) is 6.04 Å². The van der Waals surface area contributed by atoms with Crippen molar-refractivity contribution in [1.29, 1.82) is 0 Å². The van der Waals surface area contributed by atoms with Crippen molar-refractivity contribution < 1.29 is 0 Å². The van der Waals surface area contributed by atoms with Gasteiger partial charge in [-0.25, -0.2) is 9.97 Å². The lowest BCUT2D eigenvalue weighted by atomic mass is 10.0. The predicted octanol–water partition coefficient (Wildman–Crippen LogP) is 4.27. The molecule has 0 aromatic carbocycles. The van der Waals surface area contributed by atoms with Gasteiger partial charge in [0.2, 0.25) is 0 Å². The molecule has 1 rings (SSSR count). The lowest BCUT2D eigenvalue weighted by molar-refractivity contribution is 0.467. The zero-order valence-corrected chi connectivity index (χ0v) is 12.6. The van der Waals surface area contributed by atoms with Gasteiger partial charge in [0.25, 0.3) is 0 Å². The molecule has 0 saturated carbocycles. The van der Waals surface area contributed by atoms with Gasteiger partial charge in [0.05, 0.1) is 5.69 Å². The second-order valence-electron chi connectivity index (χ2n) is 5.15. The second-order valence-corrected chi connectivity index (χ2v) is 5.15. The molecule has 1 heterocycles. The minimum atomic E-state index is 0.392. The van der Waals surface area contributed by atoms with Crippen molar-refractivity contribution in [2.45, 2.75) is 71.3 Å². The molecule has 0 fully saturated rings. The van der Waals surface area contributed by atoms with Gasteiger partial charge in [0.1, 0.15) is 6.33 Å². The molecular weight excluding hydrogens is 234 g/mol. The van der Waals surface area contributed by atoms with Gasteiger partial charge in [-0.3, -0.25) is 0 Å². The van der Waals surface area contributed by atoms with Crippen LogP contribution in [0.25, 0.3) is 0 Å². The maximum Gasteiger partial charge on any atom is 0.115 e. The summed E-state index contributed by atoms with van der Waals surface area (Å²) in [4.78, 5) is 8.35. The van der Waals surface area contributed by atoms with Gasteiger partial charge in [-0.05, 0) is 19.0 Å². The van der Waals surface area contributed by atoms with E-state index in [4.69, 9.17) is 0 Å². The van der Waals surface area contributed by atoms with Gasteiger partial charge in [0, 0.05) is 12.2 Å². The van der Waals surface area contributed by atoms with Crippen LogP contribution in [0.2, 0.25) is 0 Å². The molecule has 3 heteroatoms. The first-order chi connectivity index (χ1) is 9.38. The van der Waals surface area contributed by atoms with Gasteiger partial charge in [-0.2, -0.15) is 0 Å². The van der Waals surface area contributed by atoms with Gasteiger partial charge < -0.3 is 5.32 Å². The number of hydrogen-bond acceptors (Lipinski definition) is 3. The number of aromatic nitrogens is 2. The number of nitrogens with one attached hydrogen (secondary N) is 1. The van der Waals surface area contributed by atoms with Crippen LogP contribution >= 0.6 is 0 Å². The third-order valence-electron chi connectivity index (χ3n) is 3.51. The average Bonchev–Trinajstić information content (AvgIpc) is 2.46. The van der Waals surface area contributed by atoms with Crippen LogP contribution in [-0.4, -0.2) is 16.5 Å². The number of rotatable bonds is 11. The smallest absolute Gasteiger partial charge is 0.115 e. The molecule has 0 spiro atoms. The van der Waals surface area contributed by atoms with Gasteiger partial charge in [-0.15, -0.1) is 0 Å². The highest BCUT2D eigenvalue weighted by Crippen LogP contribution is 2.18. The SMILES string of the molecule is CCCCCCCCCC(NCC)c1ccncn1. The van der Waals surface area contributed by atoms with Crippen molar-refractivity contribution in [3.63, 3.8) is 0 Å². The van der Waals surface area contributed by atoms with E-state index < -0.39 is 0 Å². The lowest BCUT2D eigenvalue weighted by Gasteiger charge is -2.16. The summed E-state index contributed by atoms with van der Waals surface area (Å²) in [6, 6.07) is 2.41. The second kappa shape index (κ2) is 10.9. The fourth-order valence-corrected chi connectivity index (χ4v) is 2.41. The Morgan fingerprint density at radius 3 is 2.42 bits per heavy atom. The molecule has 108 valence electrons. The van der Waals surface area contributed by atoms with E-state index in [9.17, 15) is 0 Å². The monoisotopic (exact) mass is 263 g/mol. The van der Waals surface area contributed by atoms with Crippen LogP contribution < -0.4 is 5.32 Å². The van der Waals surface area contributed by atoms with Crippen molar-refractivity contribution in [2.75, 3.05) is 6.54 Å². The Morgan fingerprint density at radius 1 is 1.05 bits per heavy atom. The summed E-state index contributed by atoms with van der Waals surface area (Å²) in [6.07, 6.45) is 14.2. The minimum Gasteiger partial charge on any atom is -0.309 e. The first-order valence-electron chi connectivity index (χ1n) is 7.87. The van der Waals surface area contributed by atoms with Gasteiger partial charge >= 0.3 is 0 Å². The van der Waals surface area contributed by atoms with E-state index in [-0.39, 0.29) is 0 Å². The Bertz CT molecular complexity index is 300. The quantitative estimate of drug-likeness (QED) is 0.606. The largest absolute Gasteiger partial charge is 0.309 e. The molecule has 0 amide bonds. The van der Waals surface area contributed by atoms with Crippen LogP contribution in [0.15, 0.2) is 18.6 Å². The summed E-state index contributed by atoms with van der Waals surface area (Å²) < 4.78 is 0. The van der Waals surface area contributed by atoms with Crippen LogP contribution in [-0.2, 0) is 0 Å². The van der Waals surface area contributed by atoms with Crippen molar-refractivity contribution in [2.24, 2.45) is 0 Å². The van der Waals surface area contributed by atoms with Crippen molar-refractivity contribution in [3.05, 3.63) is 24.3 Å². The summed E-state index contributed by atoms with van der Waals surface area (Å²) in [5, 5.41) is 3.52. The topological polar surface area (TPSA) is 37.8 Å². The van der Waals surface area contributed by atoms with E-state index in [0.717, 1.165) is 12.2 Å². The normalized spacial score (nSPS) is 12.5. The highest BCUT2D eigenvalue weighted by molar-refractivity contribution is 5.04. The van der Waals surface area contributed by atoms with Crippen molar-refractivity contribution in [3.8, 4) is 0 Å². The predicted molar refractivity (Wildman–Crippen MR) is 81.1 cm³/mol. The molecular formula is C16H29N3. The highest BCUT2D eigenvalue weighted by Gasteiger charge is 2.10. The van der Waals surface area contributed by atoms with Crippen LogP contribution in [0.4, 0.5) is 0 Å². The van der Waals surface area contributed by atoms with Crippen LogP contribution in [0.1, 0.15) is 76.9 Å². The molecule has 0 aliphatic heterocycles. The van der Waals surface area contributed by atoms with E-state index in [1.165, 1.54) is 51.4 Å². The zero-order chi connectivity index (χ0) is 13.8. The van der Waals surface area contributed by atoms with Gasteiger partial charge in [-0.1, -0.05) is 58.8 Å². The highest BCUT2D eigenvalue weighted by atomic mass is 14.9. The average molecular weight is 263 g/mol. The summed E-state index contributed by atoms with van der Waals surface area (Å²) in [5.41, 5.74) is 1.13. The number of nitrogens with zero attached hydrogens (tertiary/aromatic N) is 2. The van der Waals surface area contributed by atoms with E-state index in [2.05, 4.69) is 29.1 Å².